The molecule has 1 rings (SSSR count). The molecule has 0 unspecified atom stereocenters. The quantitative estimate of drug-likeness (QED) is 0.252. The average molecular weight is 439 g/mol. The number of unbranched alkanes of at least 4 members (excludes halogenated alkanes) is 1. The fraction of sp³-hybridized carbons (Fsp3) is 0.688. The number of ether oxygens (including phenoxy) is 1. The Balaban J connectivity index is 0.00000441. The van der Waals surface area contributed by atoms with Gasteiger partial charge in [0, 0.05) is 36.1 Å². The molecule has 128 valence electrons. The summed E-state index contributed by atoms with van der Waals surface area (Å²) in [6, 6.07) is 4.38. The second kappa shape index (κ2) is 14.3. The number of thiophene rings is 1. The largest absolute Gasteiger partial charge is 0.382 e. The Bertz CT molecular complexity index is 410. The van der Waals surface area contributed by atoms with E-state index in [0.717, 1.165) is 58.1 Å². The predicted molar refractivity (Wildman–Crippen MR) is 108 cm³/mol. The molecule has 0 fully saturated rings. The number of halogens is 1. The Morgan fingerprint density at radius 2 is 1.91 bits per heavy atom. The topological polar surface area (TPSA) is 45.7 Å². The zero-order valence-corrected chi connectivity index (χ0v) is 17.1. The first-order valence-corrected chi connectivity index (χ1v) is 8.79. The summed E-state index contributed by atoms with van der Waals surface area (Å²) in [6.45, 7) is 10.5. The van der Waals surface area contributed by atoms with Crippen molar-refractivity contribution in [2.24, 2.45) is 4.99 Å². The van der Waals surface area contributed by atoms with Crippen molar-refractivity contribution in [2.45, 2.75) is 46.6 Å². The van der Waals surface area contributed by atoms with E-state index in [9.17, 15) is 0 Å². The van der Waals surface area contributed by atoms with Crippen LogP contribution in [-0.2, 0) is 17.7 Å². The average Bonchev–Trinajstić information content (AvgIpc) is 2.96. The Hall–Kier alpha value is -0.340. The Morgan fingerprint density at radius 1 is 1.14 bits per heavy atom. The fourth-order valence-corrected chi connectivity index (χ4v) is 2.76. The lowest BCUT2D eigenvalue weighted by molar-refractivity contribution is 0.143. The number of rotatable bonds is 10. The summed E-state index contributed by atoms with van der Waals surface area (Å²) < 4.78 is 5.33. The van der Waals surface area contributed by atoms with Crippen LogP contribution in [0.3, 0.4) is 0 Å². The molecule has 1 heterocycles. The zero-order valence-electron chi connectivity index (χ0n) is 14.0. The highest BCUT2D eigenvalue weighted by molar-refractivity contribution is 14.0. The number of aliphatic imine (C=N–C) groups is 1. The molecule has 0 amide bonds. The molecule has 0 saturated heterocycles. The van der Waals surface area contributed by atoms with Crippen molar-refractivity contribution < 1.29 is 4.74 Å². The molecule has 6 heteroatoms. The summed E-state index contributed by atoms with van der Waals surface area (Å²) >= 11 is 1.85. The molecule has 1 aromatic rings. The summed E-state index contributed by atoms with van der Waals surface area (Å²) in [6.07, 6.45) is 3.29. The van der Waals surface area contributed by atoms with Crippen LogP contribution in [0.5, 0.6) is 0 Å². The fourth-order valence-electron chi connectivity index (χ4n) is 1.88. The van der Waals surface area contributed by atoms with Crippen LogP contribution in [0.1, 0.15) is 43.4 Å². The minimum Gasteiger partial charge on any atom is -0.382 e. The molecule has 0 aliphatic heterocycles. The monoisotopic (exact) mass is 439 g/mol. The smallest absolute Gasteiger partial charge is 0.191 e. The van der Waals surface area contributed by atoms with Gasteiger partial charge in [-0.25, -0.2) is 4.99 Å². The van der Waals surface area contributed by atoms with Gasteiger partial charge < -0.3 is 15.4 Å². The van der Waals surface area contributed by atoms with E-state index >= 15 is 0 Å². The van der Waals surface area contributed by atoms with E-state index in [4.69, 9.17) is 4.74 Å². The summed E-state index contributed by atoms with van der Waals surface area (Å²) in [5, 5.41) is 6.66. The third-order valence-electron chi connectivity index (χ3n) is 3.02. The van der Waals surface area contributed by atoms with Crippen molar-refractivity contribution in [1.29, 1.82) is 0 Å². The molecule has 0 aliphatic carbocycles. The number of nitrogens with zero attached hydrogens (tertiary/aromatic N) is 1. The van der Waals surface area contributed by atoms with Crippen LogP contribution >= 0.6 is 35.3 Å². The molecule has 1 aromatic heterocycles. The minimum absolute atomic E-state index is 0. The summed E-state index contributed by atoms with van der Waals surface area (Å²) in [7, 11) is 0. The first-order chi connectivity index (χ1) is 10.3. The molecule has 0 bridgehead atoms. The van der Waals surface area contributed by atoms with Gasteiger partial charge in [-0.1, -0.05) is 6.92 Å². The zero-order chi connectivity index (χ0) is 15.3. The van der Waals surface area contributed by atoms with Gasteiger partial charge in [0.1, 0.15) is 0 Å². The van der Waals surface area contributed by atoms with E-state index in [2.05, 4.69) is 41.6 Å². The standard InChI is InChI=1S/C16H29N3OS.HI/c1-4-14-9-10-15(21-14)13-19-16(17-5-2)18-11-7-8-12-20-6-3;/h9-10H,4-8,11-13H2,1-3H3,(H2,17,18,19);1H. The Labute approximate surface area is 156 Å². The van der Waals surface area contributed by atoms with Gasteiger partial charge in [0.05, 0.1) is 6.54 Å². The molecular formula is C16H30IN3OS. The third-order valence-corrected chi connectivity index (χ3v) is 4.23. The molecule has 0 spiro atoms. The number of hydrogen-bond acceptors (Lipinski definition) is 3. The highest BCUT2D eigenvalue weighted by atomic mass is 127. The van der Waals surface area contributed by atoms with E-state index in [1.54, 1.807) is 0 Å². The molecule has 0 atom stereocenters. The number of aryl methyl sites for hydroxylation is 1. The first kappa shape index (κ1) is 21.7. The maximum absolute atomic E-state index is 5.33. The van der Waals surface area contributed by atoms with Gasteiger partial charge in [0.2, 0.25) is 0 Å². The van der Waals surface area contributed by atoms with Crippen molar-refractivity contribution >= 4 is 41.3 Å². The van der Waals surface area contributed by atoms with Gasteiger partial charge in [-0.3, -0.25) is 0 Å². The molecular weight excluding hydrogens is 409 g/mol. The van der Waals surface area contributed by atoms with Crippen molar-refractivity contribution in [3.05, 3.63) is 21.9 Å². The van der Waals surface area contributed by atoms with E-state index in [1.165, 1.54) is 9.75 Å². The molecule has 0 saturated carbocycles. The molecule has 22 heavy (non-hydrogen) atoms. The summed E-state index contributed by atoms with van der Waals surface area (Å²) in [5.41, 5.74) is 0. The van der Waals surface area contributed by atoms with Gasteiger partial charge in [-0.05, 0) is 45.2 Å². The van der Waals surface area contributed by atoms with E-state index in [-0.39, 0.29) is 24.0 Å². The molecule has 0 radical (unpaired) electrons. The lowest BCUT2D eigenvalue weighted by atomic mass is 10.3. The van der Waals surface area contributed by atoms with Crippen LogP contribution < -0.4 is 10.6 Å². The van der Waals surface area contributed by atoms with Gasteiger partial charge in [-0.2, -0.15) is 0 Å². The van der Waals surface area contributed by atoms with Crippen LogP contribution in [-0.4, -0.2) is 32.3 Å². The summed E-state index contributed by atoms with van der Waals surface area (Å²) in [4.78, 5) is 7.38. The third kappa shape index (κ3) is 9.63. The second-order valence-electron chi connectivity index (χ2n) is 4.75. The van der Waals surface area contributed by atoms with E-state index in [0.29, 0.717) is 0 Å². The van der Waals surface area contributed by atoms with Crippen molar-refractivity contribution in [2.75, 3.05) is 26.3 Å². The highest BCUT2D eigenvalue weighted by Gasteiger charge is 2.00. The van der Waals surface area contributed by atoms with Crippen LogP contribution in [0.15, 0.2) is 17.1 Å². The van der Waals surface area contributed by atoms with Crippen molar-refractivity contribution in [3.8, 4) is 0 Å². The van der Waals surface area contributed by atoms with Crippen LogP contribution in [0.25, 0.3) is 0 Å². The van der Waals surface area contributed by atoms with E-state index < -0.39 is 0 Å². The second-order valence-corrected chi connectivity index (χ2v) is 6.00. The number of hydrogen-bond donors (Lipinski definition) is 2. The molecule has 0 aromatic carbocycles. The van der Waals surface area contributed by atoms with Crippen LogP contribution in [0, 0.1) is 0 Å². The first-order valence-electron chi connectivity index (χ1n) is 7.97. The van der Waals surface area contributed by atoms with Gasteiger partial charge >= 0.3 is 0 Å². The van der Waals surface area contributed by atoms with Gasteiger partial charge in [0.25, 0.3) is 0 Å². The number of guanidine groups is 1. The van der Waals surface area contributed by atoms with Crippen molar-refractivity contribution in [1.82, 2.24) is 10.6 Å². The normalized spacial score (nSPS) is 11.1. The predicted octanol–water partition coefficient (Wildman–Crippen LogP) is 3.80. The van der Waals surface area contributed by atoms with Crippen LogP contribution in [0.2, 0.25) is 0 Å². The maximum atomic E-state index is 5.33. The lowest BCUT2D eigenvalue weighted by Gasteiger charge is -2.10. The minimum atomic E-state index is 0. The highest BCUT2D eigenvalue weighted by Crippen LogP contribution is 2.17. The van der Waals surface area contributed by atoms with Crippen molar-refractivity contribution in [3.63, 3.8) is 0 Å². The Morgan fingerprint density at radius 3 is 2.55 bits per heavy atom. The molecule has 0 aliphatic rings. The van der Waals surface area contributed by atoms with Gasteiger partial charge in [-0.15, -0.1) is 35.3 Å². The maximum Gasteiger partial charge on any atom is 0.191 e. The lowest BCUT2D eigenvalue weighted by Crippen LogP contribution is -2.37. The molecule has 4 nitrogen and oxygen atoms in total. The Kier molecular flexibility index (Phi) is 14.0. The number of nitrogens with one attached hydrogen (secondary N) is 2. The van der Waals surface area contributed by atoms with Crippen LogP contribution in [0.4, 0.5) is 0 Å². The summed E-state index contributed by atoms with van der Waals surface area (Å²) in [5.74, 6) is 0.903. The van der Waals surface area contributed by atoms with Gasteiger partial charge in [0.15, 0.2) is 5.96 Å². The van der Waals surface area contributed by atoms with E-state index in [1.807, 2.05) is 18.3 Å². The SMILES string of the molecule is CCNC(=NCc1ccc(CC)s1)NCCCCOCC.I. The molecule has 2 N–H and O–H groups in total.